The van der Waals surface area contributed by atoms with E-state index in [1.165, 1.54) is 38.5 Å². The molecular weight excluding hydrogens is 262 g/mol. The van der Waals surface area contributed by atoms with Gasteiger partial charge in [-0.3, -0.25) is 4.99 Å². The molecule has 0 bridgehead atoms. The second-order valence-corrected chi connectivity index (χ2v) is 7.06. The first-order chi connectivity index (χ1) is 10.3. The van der Waals surface area contributed by atoms with E-state index in [0.717, 1.165) is 50.3 Å². The summed E-state index contributed by atoms with van der Waals surface area (Å²) in [5.41, 5.74) is 0. The van der Waals surface area contributed by atoms with Crippen molar-refractivity contribution in [1.82, 2.24) is 10.2 Å². The van der Waals surface area contributed by atoms with E-state index in [0.29, 0.717) is 6.04 Å². The highest BCUT2D eigenvalue weighted by atomic mass is 16.3. The Balaban J connectivity index is 1.51. The minimum Gasteiger partial charge on any atom is -0.393 e. The molecular formula is C17H31N3O. The van der Waals surface area contributed by atoms with Crippen LogP contribution in [0.15, 0.2) is 4.99 Å². The number of aliphatic hydroxyl groups excluding tert-OH is 1. The first-order valence-corrected chi connectivity index (χ1v) is 9.02. The fourth-order valence-corrected chi connectivity index (χ4v) is 4.09. The summed E-state index contributed by atoms with van der Waals surface area (Å²) in [7, 11) is 0. The number of rotatable bonds is 3. The van der Waals surface area contributed by atoms with Gasteiger partial charge in [-0.2, -0.15) is 0 Å². The summed E-state index contributed by atoms with van der Waals surface area (Å²) in [4.78, 5) is 7.02. The number of hydrogen-bond donors (Lipinski definition) is 2. The van der Waals surface area contributed by atoms with Crippen LogP contribution in [0.5, 0.6) is 0 Å². The van der Waals surface area contributed by atoms with Crippen molar-refractivity contribution in [2.45, 2.75) is 70.4 Å². The van der Waals surface area contributed by atoms with Crippen molar-refractivity contribution >= 4 is 5.96 Å². The third-order valence-electron chi connectivity index (χ3n) is 5.48. The van der Waals surface area contributed by atoms with Crippen LogP contribution in [0.3, 0.4) is 0 Å². The number of guanidine groups is 1. The van der Waals surface area contributed by atoms with Gasteiger partial charge in [0.25, 0.3) is 0 Å². The predicted octanol–water partition coefficient (Wildman–Crippen LogP) is 2.38. The van der Waals surface area contributed by atoms with E-state index >= 15 is 0 Å². The standard InChI is InChI=1S/C17H31N3O/c1-2-18-17(20-10-8-14(21)9-11-20)19-16-12-15(16)13-6-4-3-5-7-13/h13-16,21H,2-12H2,1H3,(H,18,19). The number of aliphatic imine (C=N–C) groups is 1. The van der Waals surface area contributed by atoms with Crippen molar-refractivity contribution in [3.8, 4) is 0 Å². The molecule has 3 rings (SSSR count). The van der Waals surface area contributed by atoms with E-state index in [1.54, 1.807) is 0 Å². The molecule has 3 fully saturated rings. The van der Waals surface area contributed by atoms with E-state index in [2.05, 4.69) is 22.1 Å². The average molecular weight is 293 g/mol. The van der Waals surface area contributed by atoms with Crippen LogP contribution in [0.1, 0.15) is 58.3 Å². The maximum absolute atomic E-state index is 9.66. The molecule has 2 N–H and O–H groups in total. The van der Waals surface area contributed by atoms with Gasteiger partial charge in [0.2, 0.25) is 0 Å². The average Bonchev–Trinajstić information content (AvgIpc) is 3.28. The lowest BCUT2D eigenvalue weighted by molar-refractivity contribution is 0.108. The van der Waals surface area contributed by atoms with Crippen LogP contribution in [0, 0.1) is 11.8 Å². The Labute approximate surface area is 129 Å². The summed E-state index contributed by atoms with van der Waals surface area (Å²) in [5, 5.41) is 13.4. The van der Waals surface area contributed by atoms with Crippen molar-refractivity contribution in [1.29, 1.82) is 0 Å². The van der Waals surface area contributed by atoms with E-state index < -0.39 is 0 Å². The highest BCUT2D eigenvalue weighted by molar-refractivity contribution is 5.80. The molecule has 21 heavy (non-hydrogen) atoms. The maximum atomic E-state index is 9.66. The molecule has 2 atom stereocenters. The summed E-state index contributed by atoms with van der Waals surface area (Å²) in [6.07, 6.45) is 10.2. The molecule has 0 aromatic carbocycles. The van der Waals surface area contributed by atoms with E-state index in [1.807, 2.05) is 0 Å². The molecule has 1 aliphatic heterocycles. The second-order valence-electron chi connectivity index (χ2n) is 7.06. The van der Waals surface area contributed by atoms with Crippen LogP contribution < -0.4 is 5.32 Å². The smallest absolute Gasteiger partial charge is 0.194 e. The maximum Gasteiger partial charge on any atom is 0.194 e. The summed E-state index contributed by atoms with van der Waals surface area (Å²) in [6, 6.07) is 0.658. The lowest BCUT2D eigenvalue weighted by atomic mass is 9.85. The molecule has 0 aromatic rings. The highest BCUT2D eigenvalue weighted by Crippen LogP contribution is 2.44. The Hall–Kier alpha value is -0.770. The van der Waals surface area contributed by atoms with Crippen molar-refractivity contribution in [3.63, 3.8) is 0 Å². The van der Waals surface area contributed by atoms with Crippen LogP contribution in [-0.2, 0) is 0 Å². The molecule has 2 saturated carbocycles. The second kappa shape index (κ2) is 6.99. The van der Waals surface area contributed by atoms with Crippen molar-refractivity contribution < 1.29 is 5.11 Å². The topological polar surface area (TPSA) is 47.9 Å². The number of hydrogen-bond acceptors (Lipinski definition) is 2. The number of piperidine rings is 1. The first kappa shape index (κ1) is 15.1. The molecule has 120 valence electrons. The molecule has 3 aliphatic rings. The van der Waals surface area contributed by atoms with Gasteiger partial charge in [-0.25, -0.2) is 0 Å². The van der Waals surface area contributed by atoms with Gasteiger partial charge in [0.1, 0.15) is 0 Å². The fraction of sp³-hybridized carbons (Fsp3) is 0.941. The van der Waals surface area contributed by atoms with Crippen LogP contribution >= 0.6 is 0 Å². The van der Waals surface area contributed by atoms with Gasteiger partial charge >= 0.3 is 0 Å². The molecule has 0 aromatic heterocycles. The lowest BCUT2D eigenvalue weighted by Gasteiger charge is -2.33. The minimum absolute atomic E-state index is 0.111. The normalized spacial score (nSPS) is 32.3. The van der Waals surface area contributed by atoms with E-state index in [9.17, 15) is 5.11 Å². The summed E-state index contributed by atoms with van der Waals surface area (Å²) in [6.45, 7) is 4.82. The molecule has 4 nitrogen and oxygen atoms in total. The Morgan fingerprint density at radius 2 is 1.86 bits per heavy atom. The van der Waals surface area contributed by atoms with Gasteiger partial charge in [-0.15, -0.1) is 0 Å². The molecule has 2 aliphatic carbocycles. The molecule has 2 unspecified atom stereocenters. The Morgan fingerprint density at radius 1 is 1.14 bits per heavy atom. The third-order valence-corrected chi connectivity index (χ3v) is 5.48. The zero-order chi connectivity index (χ0) is 14.7. The van der Waals surface area contributed by atoms with Gasteiger partial charge in [0.05, 0.1) is 6.10 Å². The molecule has 1 heterocycles. The number of aliphatic hydroxyl groups is 1. The molecule has 0 radical (unpaired) electrons. The molecule has 4 heteroatoms. The SMILES string of the molecule is CCN=C(NC1CC1C1CCCCC1)N1CCC(O)CC1. The number of nitrogens with zero attached hydrogens (tertiary/aromatic N) is 2. The van der Waals surface area contributed by atoms with Gasteiger partial charge in [-0.1, -0.05) is 32.1 Å². The Morgan fingerprint density at radius 3 is 2.52 bits per heavy atom. The summed E-state index contributed by atoms with van der Waals surface area (Å²) < 4.78 is 0. The quantitative estimate of drug-likeness (QED) is 0.620. The molecule has 0 amide bonds. The summed E-state index contributed by atoms with van der Waals surface area (Å²) in [5.74, 6) is 2.94. The zero-order valence-electron chi connectivity index (χ0n) is 13.4. The Bertz CT molecular complexity index is 357. The number of nitrogens with one attached hydrogen (secondary N) is 1. The number of likely N-dealkylation sites (tertiary alicyclic amines) is 1. The van der Waals surface area contributed by atoms with Crippen LogP contribution in [0.2, 0.25) is 0 Å². The van der Waals surface area contributed by atoms with Crippen molar-refractivity contribution in [3.05, 3.63) is 0 Å². The third kappa shape index (κ3) is 3.91. The van der Waals surface area contributed by atoms with Crippen molar-refractivity contribution in [2.24, 2.45) is 16.8 Å². The molecule has 0 spiro atoms. The first-order valence-electron chi connectivity index (χ1n) is 9.02. The van der Waals surface area contributed by atoms with Crippen LogP contribution in [0.25, 0.3) is 0 Å². The van der Waals surface area contributed by atoms with Gasteiger partial charge < -0.3 is 15.3 Å². The van der Waals surface area contributed by atoms with Gasteiger partial charge in [0.15, 0.2) is 5.96 Å². The van der Waals surface area contributed by atoms with Gasteiger partial charge in [0, 0.05) is 25.7 Å². The highest BCUT2D eigenvalue weighted by Gasteiger charge is 2.43. The lowest BCUT2D eigenvalue weighted by Crippen LogP contribution is -2.47. The van der Waals surface area contributed by atoms with Crippen LogP contribution in [0.4, 0.5) is 0 Å². The van der Waals surface area contributed by atoms with Gasteiger partial charge in [-0.05, 0) is 38.0 Å². The van der Waals surface area contributed by atoms with Crippen LogP contribution in [-0.4, -0.2) is 47.7 Å². The predicted molar refractivity (Wildman–Crippen MR) is 86.4 cm³/mol. The zero-order valence-corrected chi connectivity index (χ0v) is 13.4. The van der Waals surface area contributed by atoms with Crippen molar-refractivity contribution in [2.75, 3.05) is 19.6 Å². The van der Waals surface area contributed by atoms with E-state index in [4.69, 9.17) is 0 Å². The monoisotopic (exact) mass is 293 g/mol. The summed E-state index contributed by atoms with van der Waals surface area (Å²) >= 11 is 0. The Kier molecular flexibility index (Phi) is 5.04. The molecule has 1 saturated heterocycles. The van der Waals surface area contributed by atoms with E-state index in [-0.39, 0.29) is 6.10 Å². The minimum atomic E-state index is -0.111. The fourth-order valence-electron chi connectivity index (χ4n) is 4.09. The largest absolute Gasteiger partial charge is 0.393 e.